The molecular formula is C12H11N5OS. The van der Waals surface area contributed by atoms with E-state index in [1.165, 1.54) is 11.8 Å². The van der Waals surface area contributed by atoms with Crippen LogP contribution in [0.15, 0.2) is 46.2 Å². The number of hydrogen-bond acceptors (Lipinski definition) is 6. The molecule has 3 aromatic rings. The zero-order valence-corrected chi connectivity index (χ0v) is 10.7. The third kappa shape index (κ3) is 2.76. The second-order valence-electron chi connectivity index (χ2n) is 3.80. The van der Waals surface area contributed by atoms with Crippen molar-refractivity contribution in [1.29, 1.82) is 0 Å². The van der Waals surface area contributed by atoms with E-state index in [0.717, 1.165) is 11.3 Å². The third-order valence-corrected chi connectivity index (χ3v) is 3.28. The maximum atomic E-state index is 5.45. The molecule has 2 heterocycles. The normalized spacial score (nSPS) is 10.7. The minimum atomic E-state index is 0.313. The van der Waals surface area contributed by atoms with E-state index in [-0.39, 0.29) is 0 Å². The van der Waals surface area contributed by atoms with Crippen molar-refractivity contribution in [3.05, 3.63) is 42.3 Å². The minimum absolute atomic E-state index is 0.313. The monoisotopic (exact) mass is 273 g/mol. The molecule has 0 fully saturated rings. The molecule has 0 atom stereocenters. The van der Waals surface area contributed by atoms with Crippen LogP contribution >= 0.6 is 11.8 Å². The SMILES string of the molecule is Nc1nc(SCc2coc(-c3ccccc3)n2)n[nH]1. The molecule has 0 aliphatic carbocycles. The second-order valence-corrected chi connectivity index (χ2v) is 4.74. The van der Waals surface area contributed by atoms with Crippen molar-refractivity contribution >= 4 is 17.7 Å². The number of nitrogens with two attached hydrogens (primary N) is 1. The fraction of sp³-hybridized carbons (Fsp3) is 0.0833. The van der Waals surface area contributed by atoms with E-state index in [2.05, 4.69) is 20.2 Å². The fourth-order valence-corrected chi connectivity index (χ4v) is 2.23. The van der Waals surface area contributed by atoms with E-state index in [0.29, 0.717) is 22.7 Å². The summed E-state index contributed by atoms with van der Waals surface area (Å²) in [7, 11) is 0. The Morgan fingerprint density at radius 1 is 1.21 bits per heavy atom. The summed E-state index contributed by atoms with van der Waals surface area (Å²) in [5, 5.41) is 7.13. The molecule has 0 spiro atoms. The summed E-state index contributed by atoms with van der Waals surface area (Å²) in [5.74, 6) is 1.56. The Morgan fingerprint density at radius 3 is 2.79 bits per heavy atom. The molecule has 0 aliphatic heterocycles. The molecule has 0 unspecified atom stereocenters. The number of H-pyrrole nitrogens is 1. The predicted octanol–water partition coefficient (Wildman–Crippen LogP) is 2.33. The number of oxazole rings is 1. The lowest BCUT2D eigenvalue weighted by Gasteiger charge is -1.92. The molecule has 3 rings (SSSR count). The predicted molar refractivity (Wildman–Crippen MR) is 72.3 cm³/mol. The van der Waals surface area contributed by atoms with E-state index in [1.807, 2.05) is 30.3 Å². The maximum Gasteiger partial charge on any atom is 0.226 e. The van der Waals surface area contributed by atoms with E-state index in [9.17, 15) is 0 Å². The highest BCUT2D eigenvalue weighted by Gasteiger charge is 2.08. The lowest BCUT2D eigenvalue weighted by molar-refractivity contribution is 0.573. The summed E-state index contributed by atoms with van der Waals surface area (Å²) in [5.41, 5.74) is 7.25. The van der Waals surface area contributed by atoms with Crippen molar-refractivity contribution in [3.63, 3.8) is 0 Å². The van der Waals surface area contributed by atoms with Gasteiger partial charge in [-0.25, -0.2) is 10.1 Å². The standard InChI is InChI=1S/C12H11N5OS/c13-11-15-12(17-16-11)19-7-9-6-18-10(14-9)8-4-2-1-3-5-8/h1-6H,7H2,(H3,13,15,16,17). The van der Waals surface area contributed by atoms with Crippen molar-refractivity contribution in [1.82, 2.24) is 20.2 Å². The van der Waals surface area contributed by atoms with Crippen LogP contribution < -0.4 is 5.73 Å². The fourth-order valence-electron chi connectivity index (χ4n) is 1.55. The van der Waals surface area contributed by atoms with Crippen molar-refractivity contribution in [2.24, 2.45) is 0 Å². The van der Waals surface area contributed by atoms with Crippen LogP contribution in [0.2, 0.25) is 0 Å². The van der Waals surface area contributed by atoms with Crippen molar-refractivity contribution < 1.29 is 4.42 Å². The lowest BCUT2D eigenvalue weighted by atomic mass is 10.2. The van der Waals surface area contributed by atoms with Gasteiger partial charge < -0.3 is 10.2 Å². The first kappa shape index (κ1) is 11.8. The Kier molecular flexibility index (Phi) is 3.20. The Bertz CT molecular complexity index is 664. The van der Waals surface area contributed by atoms with Gasteiger partial charge in [0.1, 0.15) is 6.26 Å². The van der Waals surface area contributed by atoms with Gasteiger partial charge in [-0.2, -0.15) is 4.98 Å². The van der Waals surface area contributed by atoms with Crippen LogP contribution in [-0.4, -0.2) is 20.2 Å². The van der Waals surface area contributed by atoms with Gasteiger partial charge in [0.15, 0.2) is 0 Å². The number of rotatable bonds is 4. The van der Waals surface area contributed by atoms with Gasteiger partial charge in [-0.15, -0.1) is 5.10 Å². The van der Waals surface area contributed by atoms with Gasteiger partial charge in [0, 0.05) is 11.3 Å². The van der Waals surface area contributed by atoms with Crippen LogP contribution in [0.5, 0.6) is 0 Å². The number of aromatic amines is 1. The number of thioether (sulfide) groups is 1. The van der Waals surface area contributed by atoms with Gasteiger partial charge in [0.25, 0.3) is 0 Å². The molecule has 2 aromatic heterocycles. The number of nitrogens with zero attached hydrogens (tertiary/aromatic N) is 3. The van der Waals surface area contributed by atoms with Crippen molar-refractivity contribution in [2.75, 3.05) is 5.73 Å². The van der Waals surface area contributed by atoms with Gasteiger partial charge in [-0.05, 0) is 12.1 Å². The molecule has 1 aromatic carbocycles. The highest BCUT2D eigenvalue weighted by Crippen LogP contribution is 2.22. The van der Waals surface area contributed by atoms with Gasteiger partial charge in [0.05, 0.1) is 5.69 Å². The molecule has 19 heavy (non-hydrogen) atoms. The summed E-state index contributed by atoms with van der Waals surface area (Å²) in [6.45, 7) is 0. The Hall–Kier alpha value is -2.28. The van der Waals surface area contributed by atoms with Gasteiger partial charge in [-0.1, -0.05) is 30.0 Å². The van der Waals surface area contributed by atoms with Crippen LogP contribution in [0.25, 0.3) is 11.5 Å². The molecule has 7 heteroatoms. The molecule has 0 radical (unpaired) electrons. The highest BCUT2D eigenvalue weighted by molar-refractivity contribution is 7.98. The highest BCUT2D eigenvalue weighted by atomic mass is 32.2. The topological polar surface area (TPSA) is 93.6 Å². The van der Waals surface area contributed by atoms with Gasteiger partial charge in [-0.3, -0.25) is 0 Å². The summed E-state index contributed by atoms with van der Waals surface area (Å²) in [6, 6.07) is 9.77. The van der Waals surface area contributed by atoms with E-state index in [1.54, 1.807) is 6.26 Å². The van der Waals surface area contributed by atoms with Crippen LogP contribution in [0.1, 0.15) is 5.69 Å². The largest absolute Gasteiger partial charge is 0.444 e. The van der Waals surface area contributed by atoms with E-state index in [4.69, 9.17) is 10.2 Å². The average molecular weight is 273 g/mol. The first-order chi connectivity index (χ1) is 9.31. The second kappa shape index (κ2) is 5.15. The van der Waals surface area contributed by atoms with Gasteiger partial charge in [0.2, 0.25) is 17.0 Å². The van der Waals surface area contributed by atoms with Crippen LogP contribution in [-0.2, 0) is 5.75 Å². The molecular weight excluding hydrogens is 262 g/mol. The summed E-state index contributed by atoms with van der Waals surface area (Å²) >= 11 is 1.45. The molecule has 0 saturated heterocycles. The Balaban J connectivity index is 1.68. The maximum absolute atomic E-state index is 5.45. The minimum Gasteiger partial charge on any atom is -0.444 e. The van der Waals surface area contributed by atoms with Crippen molar-refractivity contribution in [3.8, 4) is 11.5 Å². The van der Waals surface area contributed by atoms with Crippen LogP contribution in [0.3, 0.4) is 0 Å². The first-order valence-electron chi connectivity index (χ1n) is 5.62. The smallest absolute Gasteiger partial charge is 0.226 e. The summed E-state index contributed by atoms with van der Waals surface area (Å²) in [4.78, 5) is 8.42. The summed E-state index contributed by atoms with van der Waals surface area (Å²) in [6.07, 6.45) is 1.64. The number of aromatic nitrogens is 4. The van der Waals surface area contributed by atoms with Crippen molar-refractivity contribution in [2.45, 2.75) is 10.9 Å². The third-order valence-electron chi connectivity index (χ3n) is 2.40. The molecule has 3 N–H and O–H groups in total. The first-order valence-corrected chi connectivity index (χ1v) is 6.60. The molecule has 0 amide bonds. The molecule has 0 saturated carbocycles. The Morgan fingerprint density at radius 2 is 2.05 bits per heavy atom. The van der Waals surface area contributed by atoms with Crippen LogP contribution in [0.4, 0.5) is 5.95 Å². The van der Waals surface area contributed by atoms with Crippen LogP contribution in [0, 0.1) is 0 Å². The molecule has 96 valence electrons. The Labute approximate surface area is 113 Å². The number of nitrogens with one attached hydrogen (secondary N) is 1. The number of benzene rings is 1. The number of anilines is 1. The van der Waals surface area contributed by atoms with Gasteiger partial charge >= 0.3 is 0 Å². The quantitative estimate of drug-likeness (QED) is 0.708. The number of hydrogen-bond donors (Lipinski definition) is 2. The average Bonchev–Trinajstić information content (AvgIpc) is 3.06. The zero-order valence-electron chi connectivity index (χ0n) is 9.91. The van der Waals surface area contributed by atoms with E-state index < -0.39 is 0 Å². The lowest BCUT2D eigenvalue weighted by Crippen LogP contribution is -1.85. The molecule has 6 nitrogen and oxygen atoms in total. The van der Waals surface area contributed by atoms with E-state index >= 15 is 0 Å². The molecule has 0 bridgehead atoms. The zero-order chi connectivity index (χ0) is 13.1. The number of nitrogen functional groups attached to an aromatic ring is 1. The summed E-state index contributed by atoms with van der Waals surface area (Å²) < 4.78 is 5.45. The molecule has 0 aliphatic rings.